The van der Waals surface area contributed by atoms with Crippen LogP contribution in [0.2, 0.25) is 0 Å². The quantitative estimate of drug-likeness (QED) is 0.718. The average Bonchev–Trinajstić information content (AvgIpc) is 2.25. The van der Waals surface area contributed by atoms with E-state index in [4.69, 9.17) is 0 Å². The van der Waals surface area contributed by atoms with Gasteiger partial charge in [-0.15, -0.1) is 0 Å². The molecule has 4 heteroatoms. The molecule has 1 nitrogen and oxygen atoms in total. The van der Waals surface area contributed by atoms with E-state index in [9.17, 15) is 18.0 Å². The molecule has 0 radical (unpaired) electrons. The molecule has 0 bridgehead atoms. The van der Waals surface area contributed by atoms with Crippen LogP contribution in [-0.2, 0) is 0 Å². The summed E-state index contributed by atoms with van der Waals surface area (Å²) in [5.41, 5.74) is 0.346. The van der Waals surface area contributed by atoms with E-state index in [1.807, 2.05) is 0 Å². The summed E-state index contributed by atoms with van der Waals surface area (Å²) in [5, 5.41) is 0. The van der Waals surface area contributed by atoms with Gasteiger partial charge in [-0.05, 0) is 6.42 Å². The van der Waals surface area contributed by atoms with E-state index in [0.717, 1.165) is 0 Å². The van der Waals surface area contributed by atoms with Crippen LogP contribution in [0.4, 0.5) is 13.2 Å². The monoisotopic (exact) mass is 230 g/mol. The van der Waals surface area contributed by atoms with Gasteiger partial charge < -0.3 is 0 Å². The first-order valence-corrected chi connectivity index (χ1v) is 5.10. The van der Waals surface area contributed by atoms with E-state index in [-0.39, 0.29) is 6.42 Å². The van der Waals surface area contributed by atoms with Crippen LogP contribution in [0.25, 0.3) is 0 Å². The van der Waals surface area contributed by atoms with Gasteiger partial charge in [-0.3, -0.25) is 4.79 Å². The number of halogens is 3. The fraction of sp³-hybridized carbons (Fsp3) is 0.417. The third-order valence-electron chi connectivity index (χ3n) is 2.40. The van der Waals surface area contributed by atoms with E-state index < -0.39 is 24.3 Å². The smallest absolute Gasteiger partial charge is 0.294 e. The summed E-state index contributed by atoms with van der Waals surface area (Å²) in [6.07, 6.45) is -5.13. The summed E-state index contributed by atoms with van der Waals surface area (Å²) in [6.45, 7) is 1.59. The molecule has 0 N–H and O–H groups in total. The Morgan fingerprint density at radius 2 is 1.81 bits per heavy atom. The van der Waals surface area contributed by atoms with Gasteiger partial charge in [0.1, 0.15) is 0 Å². The van der Waals surface area contributed by atoms with Gasteiger partial charge in [-0.1, -0.05) is 37.3 Å². The van der Waals surface area contributed by atoms with E-state index >= 15 is 0 Å². The molecule has 88 valence electrons. The minimum absolute atomic E-state index is 0.202. The second kappa shape index (κ2) is 5.14. The van der Waals surface area contributed by atoms with E-state index in [0.29, 0.717) is 5.56 Å². The molecular formula is C12H13F3O. The van der Waals surface area contributed by atoms with Gasteiger partial charge in [0.25, 0.3) is 0 Å². The topological polar surface area (TPSA) is 17.1 Å². The lowest BCUT2D eigenvalue weighted by atomic mass is 9.92. The number of alkyl halides is 3. The molecule has 0 heterocycles. The number of rotatable bonds is 4. The van der Waals surface area contributed by atoms with Gasteiger partial charge in [-0.2, -0.15) is 13.2 Å². The van der Waals surface area contributed by atoms with Crippen LogP contribution in [0, 0.1) is 5.92 Å². The lowest BCUT2D eigenvalue weighted by Crippen LogP contribution is -2.22. The molecule has 0 aliphatic carbocycles. The number of benzene rings is 1. The van der Waals surface area contributed by atoms with Gasteiger partial charge in [-0.25, -0.2) is 0 Å². The minimum atomic E-state index is -4.29. The van der Waals surface area contributed by atoms with Crippen LogP contribution in [-0.4, -0.2) is 12.0 Å². The highest BCUT2D eigenvalue weighted by Crippen LogP contribution is 2.28. The third-order valence-corrected chi connectivity index (χ3v) is 2.40. The highest BCUT2D eigenvalue weighted by Gasteiger charge is 2.34. The van der Waals surface area contributed by atoms with Crippen molar-refractivity contribution in [2.75, 3.05) is 0 Å². The Hall–Kier alpha value is -1.32. The summed E-state index contributed by atoms with van der Waals surface area (Å²) in [7, 11) is 0. The minimum Gasteiger partial charge on any atom is -0.294 e. The van der Waals surface area contributed by atoms with Crippen molar-refractivity contribution < 1.29 is 18.0 Å². The van der Waals surface area contributed by atoms with Crippen LogP contribution in [0.3, 0.4) is 0 Å². The second-order valence-electron chi connectivity index (χ2n) is 3.65. The lowest BCUT2D eigenvalue weighted by molar-refractivity contribution is -0.141. The first-order chi connectivity index (χ1) is 7.44. The molecule has 1 atom stereocenters. The molecule has 0 fully saturated rings. The van der Waals surface area contributed by atoms with Gasteiger partial charge >= 0.3 is 6.18 Å². The summed E-state index contributed by atoms with van der Waals surface area (Å²) < 4.78 is 36.6. The van der Waals surface area contributed by atoms with Gasteiger partial charge in [0.2, 0.25) is 0 Å². The summed E-state index contributed by atoms with van der Waals surface area (Å²) in [6, 6.07) is 8.10. The highest BCUT2D eigenvalue weighted by molar-refractivity contribution is 5.97. The highest BCUT2D eigenvalue weighted by atomic mass is 19.4. The zero-order valence-electron chi connectivity index (χ0n) is 8.92. The fourth-order valence-corrected chi connectivity index (χ4v) is 1.54. The number of carbonyl (C=O) groups is 1. The molecule has 0 aliphatic heterocycles. The zero-order valence-corrected chi connectivity index (χ0v) is 8.92. The Morgan fingerprint density at radius 3 is 2.25 bits per heavy atom. The molecule has 1 aromatic carbocycles. The standard InChI is InChI=1S/C12H13F3O/c1-2-9(8-12(13,14)15)11(16)10-6-4-3-5-7-10/h3-7,9H,2,8H2,1H3. The predicted octanol–water partition coefficient (Wildman–Crippen LogP) is 3.85. The number of Topliss-reactive ketones (excluding diaryl/α,β-unsaturated/α-hetero) is 1. The SMILES string of the molecule is CCC(CC(F)(F)F)C(=O)c1ccccc1. The molecule has 0 aliphatic rings. The number of carbonyl (C=O) groups excluding carboxylic acids is 1. The normalized spacial score (nSPS) is 13.5. The number of hydrogen-bond acceptors (Lipinski definition) is 1. The largest absolute Gasteiger partial charge is 0.389 e. The Balaban J connectivity index is 2.78. The molecular weight excluding hydrogens is 217 g/mol. The first-order valence-electron chi connectivity index (χ1n) is 5.10. The maximum atomic E-state index is 12.2. The van der Waals surface area contributed by atoms with Crippen molar-refractivity contribution in [1.29, 1.82) is 0 Å². The maximum absolute atomic E-state index is 12.2. The number of hydrogen-bond donors (Lipinski definition) is 0. The van der Waals surface area contributed by atoms with Crippen molar-refractivity contribution >= 4 is 5.78 Å². The van der Waals surface area contributed by atoms with Gasteiger partial charge in [0.15, 0.2) is 5.78 Å². The summed E-state index contributed by atoms with van der Waals surface area (Å²) in [5.74, 6) is -1.40. The molecule has 1 unspecified atom stereocenters. The van der Waals surface area contributed by atoms with Crippen LogP contribution < -0.4 is 0 Å². The third kappa shape index (κ3) is 3.68. The van der Waals surface area contributed by atoms with E-state index in [1.165, 1.54) is 0 Å². The van der Waals surface area contributed by atoms with Crippen LogP contribution in [0.1, 0.15) is 30.1 Å². The summed E-state index contributed by atoms with van der Waals surface area (Å²) >= 11 is 0. The molecule has 1 rings (SSSR count). The van der Waals surface area contributed by atoms with E-state index in [2.05, 4.69) is 0 Å². The van der Waals surface area contributed by atoms with Crippen molar-refractivity contribution in [1.82, 2.24) is 0 Å². The van der Waals surface area contributed by atoms with E-state index in [1.54, 1.807) is 37.3 Å². The van der Waals surface area contributed by atoms with Crippen molar-refractivity contribution in [3.63, 3.8) is 0 Å². The fourth-order valence-electron chi connectivity index (χ4n) is 1.54. The Labute approximate surface area is 92.3 Å². The van der Waals surface area contributed by atoms with Crippen molar-refractivity contribution in [3.8, 4) is 0 Å². The Bertz CT molecular complexity index is 343. The first kappa shape index (κ1) is 12.7. The predicted molar refractivity (Wildman–Crippen MR) is 55.2 cm³/mol. The molecule has 0 aromatic heterocycles. The second-order valence-corrected chi connectivity index (χ2v) is 3.65. The van der Waals surface area contributed by atoms with Crippen LogP contribution in [0.5, 0.6) is 0 Å². The summed E-state index contributed by atoms with van der Waals surface area (Å²) in [4.78, 5) is 11.8. The van der Waals surface area contributed by atoms with Gasteiger partial charge in [0, 0.05) is 11.5 Å². The average molecular weight is 230 g/mol. The van der Waals surface area contributed by atoms with Crippen molar-refractivity contribution in [2.45, 2.75) is 25.9 Å². The molecule has 0 amide bonds. The molecule has 0 saturated heterocycles. The zero-order chi connectivity index (χ0) is 12.2. The molecule has 1 aromatic rings. The molecule has 0 saturated carbocycles. The van der Waals surface area contributed by atoms with Gasteiger partial charge in [0.05, 0.1) is 6.42 Å². The Kier molecular flexibility index (Phi) is 4.10. The van der Waals surface area contributed by atoms with Crippen LogP contribution >= 0.6 is 0 Å². The molecule has 0 spiro atoms. The van der Waals surface area contributed by atoms with Crippen molar-refractivity contribution in [3.05, 3.63) is 35.9 Å². The van der Waals surface area contributed by atoms with Crippen LogP contribution in [0.15, 0.2) is 30.3 Å². The maximum Gasteiger partial charge on any atom is 0.389 e. The number of ketones is 1. The van der Waals surface area contributed by atoms with Crippen molar-refractivity contribution in [2.24, 2.45) is 5.92 Å². The molecule has 16 heavy (non-hydrogen) atoms. The Morgan fingerprint density at radius 1 is 1.25 bits per heavy atom. The lowest BCUT2D eigenvalue weighted by Gasteiger charge is -2.15.